The maximum atomic E-state index is 14.6. The Balaban J connectivity index is 1.46. The maximum absolute atomic E-state index is 14.6. The number of para-hydroxylation sites is 1. The fraction of sp³-hybridized carbons (Fsp3) is 0.400. The zero-order valence-electron chi connectivity index (χ0n) is 23.3. The lowest BCUT2D eigenvalue weighted by molar-refractivity contribution is -0.136. The van der Waals surface area contributed by atoms with Gasteiger partial charge in [-0.1, -0.05) is 6.07 Å². The number of methoxy groups -OCH3 is 1. The van der Waals surface area contributed by atoms with E-state index in [1.165, 1.54) is 13.2 Å². The van der Waals surface area contributed by atoms with Crippen LogP contribution in [0.15, 0.2) is 36.7 Å². The number of hydrogen-bond donors (Lipinski definition) is 4. The molecular weight excluding hydrogens is 543 g/mol. The number of nitrogens with one attached hydrogen (secondary N) is 4. The van der Waals surface area contributed by atoms with E-state index in [4.69, 9.17) is 9.47 Å². The fourth-order valence-electron chi connectivity index (χ4n) is 5.96. The number of anilines is 2. The average molecular weight is 577 g/mol. The summed E-state index contributed by atoms with van der Waals surface area (Å²) in [4.78, 5) is 49.0. The number of fused-ring (bicyclic) bond motifs is 8. The lowest BCUT2D eigenvalue weighted by atomic mass is 9.91. The summed E-state index contributed by atoms with van der Waals surface area (Å²) < 4.78 is 26.1. The van der Waals surface area contributed by atoms with E-state index in [1.54, 1.807) is 35.5 Å². The molecule has 1 unspecified atom stereocenters. The molecule has 0 radical (unpaired) electrons. The number of piperidine rings is 1. The van der Waals surface area contributed by atoms with Gasteiger partial charge in [0, 0.05) is 61.9 Å². The van der Waals surface area contributed by atoms with Gasteiger partial charge in [-0.3, -0.25) is 19.4 Å². The van der Waals surface area contributed by atoms with Crippen LogP contribution in [0.5, 0.6) is 11.5 Å². The molecule has 3 aromatic rings. The highest BCUT2D eigenvalue weighted by Gasteiger charge is 2.36. The summed E-state index contributed by atoms with van der Waals surface area (Å²) in [5, 5.41) is 9.17. The summed E-state index contributed by atoms with van der Waals surface area (Å²) >= 11 is 0. The van der Waals surface area contributed by atoms with Crippen molar-refractivity contribution >= 4 is 29.1 Å². The highest BCUT2D eigenvalue weighted by atomic mass is 19.1. The molecule has 1 fully saturated rings. The monoisotopic (exact) mass is 576 g/mol. The molecule has 7 rings (SSSR count). The van der Waals surface area contributed by atoms with E-state index in [0.29, 0.717) is 85.1 Å². The SMILES string of the molecule is COc1c(F)cccc1Nc1c2[nH]c3c1C(=O)NCC3CC(=O)N1CCC(CC1)C(=O)NCCCOc1cnccc1-2. The number of rotatable bonds is 3. The van der Waals surface area contributed by atoms with Crippen molar-refractivity contribution in [2.45, 2.75) is 31.6 Å². The molecule has 42 heavy (non-hydrogen) atoms. The maximum Gasteiger partial charge on any atom is 0.255 e. The minimum atomic E-state index is -0.553. The number of benzene rings is 1. The first-order chi connectivity index (χ1) is 20.4. The molecule has 4 aliphatic heterocycles. The Morgan fingerprint density at radius 2 is 1.95 bits per heavy atom. The first kappa shape index (κ1) is 27.6. The van der Waals surface area contributed by atoms with Crippen molar-refractivity contribution in [3.05, 3.63) is 53.7 Å². The zero-order chi connectivity index (χ0) is 29.2. The van der Waals surface area contributed by atoms with Crippen molar-refractivity contribution in [2.24, 2.45) is 5.92 Å². The van der Waals surface area contributed by atoms with Crippen LogP contribution in [-0.4, -0.2) is 72.5 Å². The summed E-state index contributed by atoms with van der Waals surface area (Å²) in [6, 6.07) is 6.28. The molecule has 3 amide bonds. The van der Waals surface area contributed by atoms with Gasteiger partial charge in [0.15, 0.2) is 11.6 Å². The molecule has 4 bridgehead atoms. The van der Waals surface area contributed by atoms with E-state index < -0.39 is 5.82 Å². The number of aromatic amines is 1. The lowest BCUT2D eigenvalue weighted by Gasteiger charge is -2.33. The number of hydrogen-bond acceptors (Lipinski definition) is 7. The predicted octanol–water partition coefficient (Wildman–Crippen LogP) is 3.32. The zero-order valence-corrected chi connectivity index (χ0v) is 23.3. The topological polar surface area (TPSA) is 138 Å². The molecule has 12 heteroatoms. The van der Waals surface area contributed by atoms with Crippen molar-refractivity contribution in [3.63, 3.8) is 0 Å². The van der Waals surface area contributed by atoms with Gasteiger partial charge in [-0.25, -0.2) is 4.39 Å². The summed E-state index contributed by atoms with van der Waals surface area (Å²) in [7, 11) is 1.38. The van der Waals surface area contributed by atoms with Gasteiger partial charge >= 0.3 is 0 Å². The minimum absolute atomic E-state index is 0.00326. The van der Waals surface area contributed by atoms with Crippen LogP contribution in [0.1, 0.15) is 47.7 Å². The van der Waals surface area contributed by atoms with Crippen LogP contribution in [-0.2, 0) is 9.59 Å². The molecule has 0 saturated carbocycles. The second-order valence-electron chi connectivity index (χ2n) is 10.7. The molecule has 1 saturated heterocycles. The second kappa shape index (κ2) is 11.7. The van der Waals surface area contributed by atoms with E-state index in [1.807, 2.05) is 0 Å². The summed E-state index contributed by atoms with van der Waals surface area (Å²) in [5.41, 5.74) is 2.86. The van der Waals surface area contributed by atoms with Crippen molar-refractivity contribution in [2.75, 3.05) is 45.2 Å². The lowest BCUT2D eigenvalue weighted by Crippen LogP contribution is -2.44. The van der Waals surface area contributed by atoms with Gasteiger partial charge in [-0.05, 0) is 37.5 Å². The van der Waals surface area contributed by atoms with Crippen LogP contribution in [0.3, 0.4) is 0 Å². The number of amides is 3. The molecule has 4 aliphatic rings. The van der Waals surface area contributed by atoms with Crippen molar-refractivity contribution in [3.8, 4) is 22.8 Å². The second-order valence-corrected chi connectivity index (χ2v) is 10.7. The van der Waals surface area contributed by atoms with Gasteiger partial charge in [0.05, 0.1) is 42.5 Å². The Kier molecular flexibility index (Phi) is 7.68. The Morgan fingerprint density at radius 1 is 1.12 bits per heavy atom. The van der Waals surface area contributed by atoms with E-state index in [0.717, 1.165) is 0 Å². The molecule has 1 atom stereocenters. The van der Waals surface area contributed by atoms with Gasteiger partial charge in [0.1, 0.15) is 5.75 Å². The molecule has 1 aromatic carbocycles. The molecule has 0 spiro atoms. The Morgan fingerprint density at radius 3 is 2.76 bits per heavy atom. The molecular formula is C30H33FN6O5. The fourth-order valence-corrected chi connectivity index (χ4v) is 5.96. The third-order valence-electron chi connectivity index (χ3n) is 8.18. The molecule has 220 valence electrons. The highest BCUT2D eigenvalue weighted by Crippen LogP contribution is 2.44. The van der Waals surface area contributed by atoms with Gasteiger partial charge < -0.3 is 35.3 Å². The number of pyridine rings is 1. The number of ether oxygens (including phenoxy) is 2. The van der Waals surface area contributed by atoms with Gasteiger partial charge in [-0.2, -0.15) is 0 Å². The van der Waals surface area contributed by atoms with Gasteiger partial charge in [0.2, 0.25) is 11.8 Å². The number of aromatic nitrogens is 2. The quantitative estimate of drug-likeness (QED) is 0.375. The summed E-state index contributed by atoms with van der Waals surface area (Å²) in [6.45, 7) is 2.08. The van der Waals surface area contributed by atoms with Crippen LogP contribution >= 0.6 is 0 Å². The minimum Gasteiger partial charge on any atom is -0.492 e. The van der Waals surface area contributed by atoms with Crippen molar-refractivity contribution < 1.29 is 28.2 Å². The first-order valence-corrected chi connectivity index (χ1v) is 14.2. The van der Waals surface area contributed by atoms with E-state index in [-0.39, 0.29) is 48.3 Å². The molecule has 6 heterocycles. The van der Waals surface area contributed by atoms with Crippen molar-refractivity contribution in [1.82, 2.24) is 25.5 Å². The van der Waals surface area contributed by atoms with Crippen LogP contribution in [0, 0.1) is 11.7 Å². The van der Waals surface area contributed by atoms with Crippen LogP contribution in [0.2, 0.25) is 0 Å². The average Bonchev–Trinajstić information content (AvgIpc) is 3.38. The number of carbonyl (C=O) groups excluding carboxylic acids is 3. The number of carbonyl (C=O) groups is 3. The van der Waals surface area contributed by atoms with Gasteiger partial charge in [-0.15, -0.1) is 0 Å². The largest absolute Gasteiger partial charge is 0.492 e. The normalized spacial score (nSPS) is 20.9. The van der Waals surface area contributed by atoms with Crippen LogP contribution < -0.4 is 25.4 Å². The summed E-state index contributed by atoms with van der Waals surface area (Å²) in [5.74, 6) is -0.888. The number of H-pyrrole nitrogens is 1. The van der Waals surface area contributed by atoms with Crippen LogP contribution in [0.4, 0.5) is 15.8 Å². The Bertz CT molecular complexity index is 1520. The third-order valence-corrected chi connectivity index (χ3v) is 8.18. The standard InChI is InChI=1S/C30H33FN6O5/c1-41-28-20(31)4-2-5-21(28)35-27-24-25-18(15-34-30(24)40)14-23(38)37-11-7-17(8-12-37)29(39)33-9-3-13-42-22-16-32-10-6-19(22)26(27)36-25/h2,4-6,10,16-18,35-36H,3,7-9,11-15H2,1H3,(H,33,39)(H,34,40). The van der Waals surface area contributed by atoms with Crippen molar-refractivity contribution in [1.29, 1.82) is 0 Å². The van der Waals surface area contributed by atoms with Crippen LogP contribution in [0.25, 0.3) is 11.3 Å². The Labute approximate surface area is 242 Å². The van der Waals surface area contributed by atoms with E-state index >= 15 is 0 Å². The van der Waals surface area contributed by atoms with Gasteiger partial charge in [0.25, 0.3) is 5.91 Å². The molecule has 0 aliphatic carbocycles. The Hall–Kier alpha value is -4.61. The predicted molar refractivity (Wildman–Crippen MR) is 152 cm³/mol. The molecule has 11 nitrogen and oxygen atoms in total. The third kappa shape index (κ3) is 5.24. The van der Waals surface area contributed by atoms with E-state index in [2.05, 4.69) is 25.9 Å². The number of halogens is 1. The molecule has 2 aromatic heterocycles. The smallest absolute Gasteiger partial charge is 0.255 e. The number of nitrogens with zero attached hydrogens (tertiary/aromatic N) is 2. The summed E-state index contributed by atoms with van der Waals surface area (Å²) in [6.07, 6.45) is 5.17. The van der Waals surface area contributed by atoms with E-state index in [9.17, 15) is 18.8 Å². The first-order valence-electron chi connectivity index (χ1n) is 14.2. The molecule has 4 N–H and O–H groups in total. The highest BCUT2D eigenvalue weighted by molar-refractivity contribution is 6.07.